The molecule has 1 aromatic rings. The molecule has 2 fully saturated rings. The maximum absolute atomic E-state index is 12.7. The lowest BCUT2D eigenvalue weighted by Crippen LogP contribution is -2.50. The Morgan fingerprint density at radius 1 is 1.35 bits per heavy atom. The zero-order valence-corrected chi connectivity index (χ0v) is 16.5. The van der Waals surface area contributed by atoms with Gasteiger partial charge in [-0.3, -0.25) is 9.48 Å². The smallest absolute Gasteiger partial charge is 0.222 e. The molecule has 0 aromatic carbocycles. The van der Waals surface area contributed by atoms with Crippen molar-refractivity contribution >= 4 is 5.91 Å². The molecule has 26 heavy (non-hydrogen) atoms. The fourth-order valence-corrected chi connectivity index (χ4v) is 4.64. The van der Waals surface area contributed by atoms with Crippen LogP contribution in [0.25, 0.3) is 0 Å². The molecule has 3 heterocycles. The van der Waals surface area contributed by atoms with Crippen LogP contribution in [0.5, 0.6) is 0 Å². The van der Waals surface area contributed by atoms with Crippen LogP contribution in [0.3, 0.4) is 0 Å². The van der Waals surface area contributed by atoms with Gasteiger partial charge in [0.25, 0.3) is 0 Å². The van der Waals surface area contributed by atoms with Gasteiger partial charge in [-0.05, 0) is 63.9 Å². The van der Waals surface area contributed by atoms with Crippen molar-refractivity contribution in [3.05, 3.63) is 17.0 Å². The molecule has 1 amide bonds. The maximum Gasteiger partial charge on any atom is 0.222 e. The van der Waals surface area contributed by atoms with Gasteiger partial charge in [0, 0.05) is 45.5 Å². The number of aromatic nitrogens is 2. The van der Waals surface area contributed by atoms with E-state index < -0.39 is 0 Å². The second kappa shape index (κ2) is 8.09. The average Bonchev–Trinajstić information content (AvgIpc) is 2.86. The first-order valence-corrected chi connectivity index (χ1v) is 9.96. The molecular weight excluding hydrogens is 330 g/mol. The summed E-state index contributed by atoms with van der Waals surface area (Å²) in [5.41, 5.74) is 3.32. The summed E-state index contributed by atoms with van der Waals surface area (Å²) in [5.74, 6) is 0.803. The van der Waals surface area contributed by atoms with Crippen molar-refractivity contribution in [2.75, 3.05) is 26.3 Å². The summed E-state index contributed by atoms with van der Waals surface area (Å²) in [6.45, 7) is 6.70. The summed E-state index contributed by atoms with van der Waals surface area (Å²) in [5, 5.41) is 13.7. The summed E-state index contributed by atoms with van der Waals surface area (Å²) >= 11 is 0. The van der Waals surface area contributed by atoms with Crippen LogP contribution >= 0.6 is 0 Å². The van der Waals surface area contributed by atoms with Crippen LogP contribution < -0.4 is 0 Å². The molecule has 146 valence electrons. The molecule has 0 radical (unpaired) electrons. The maximum atomic E-state index is 12.7. The average molecular weight is 364 g/mol. The Bertz CT molecular complexity index is 630. The van der Waals surface area contributed by atoms with E-state index >= 15 is 0 Å². The number of ether oxygens (including phenoxy) is 1. The van der Waals surface area contributed by atoms with Gasteiger partial charge in [-0.2, -0.15) is 5.10 Å². The van der Waals surface area contributed by atoms with E-state index in [0.29, 0.717) is 12.3 Å². The van der Waals surface area contributed by atoms with Gasteiger partial charge in [0.15, 0.2) is 0 Å². The van der Waals surface area contributed by atoms with Gasteiger partial charge >= 0.3 is 0 Å². The van der Waals surface area contributed by atoms with Crippen LogP contribution in [0.1, 0.15) is 55.5 Å². The molecule has 1 aromatic heterocycles. The van der Waals surface area contributed by atoms with E-state index in [9.17, 15) is 9.90 Å². The molecule has 1 unspecified atom stereocenters. The van der Waals surface area contributed by atoms with Crippen LogP contribution in [0.15, 0.2) is 0 Å². The highest BCUT2D eigenvalue weighted by molar-refractivity contribution is 5.76. The van der Waals surface area contributed by atoms with Gasteiger partial charge in [0.1, 0.15) is 0 Å². The van der Waals surface area contributed by atoms with E-state index in [-0.39, 0.29) is 18.1 Å². The number of carbonyl (C=O) groups excluding carboxylic acids is 1. The molecule has 2 saturated heterocycles. The van der Waals surface area contributed by atoms with E-state index in [4.69, 9.17) is 4.74 Å². The number of amides is 1. The SMILES string of the molecule is Cc1nn(C)c(C)c1CCC(=O)N1CCC2(CC1)CC(CCO)CCO2. The summed E-state index contributed by atoms with van der Waals surface area (Å²) in [7, 11) is 1.95. The molecule has 3 rings (SSSR count). The van der Waals surface area contributed by atoms with Gasteiger partial charge in [-0.1, -0.05) is 0 Å². The quantitative estimate of drug-likeness (QED) is 0.870. The molecular formula is C20H33N3O3. The second-order valence-corrected chi connectivity index (χ2v) is 8.06. The third-order valence-corrected chi connectivity index (χ3v) is 6.41. The number of rotatable bonds is 5. The zero-order valence-electron chi connectivity index (χ0n) is 16.5. The molecule has 6 nitrogen and oxygen atoms in total. The highest BCUT2D eigenvalue weighted by atomic mass is 16.5. The summed E-state index contributed by atoms with van der Waals surface area (Å²) in [6.07, 6.45) is 6.11. The topological polar surface area (TPSA) is 67.6 Å². The lowest BCUT2D eigenvalue weighted by Gasteiger charge is -2.46. The molecule has 0 bridgehead atoms. The van der Waals surface area contributed by atoms with Crippen LogP contribution in [0, 0.1) is 19.8 Å². The van der Waals surface area contributed by atoms with Crippen molar-refractivity contribution in [1.82, 2.24) is 14.7 Å². The minimum absolute atomic E-state index is 0.0641. The van der Waals surface area contributed by atoms with E-state index in [2.05, 4.69) is 12.0 Å². The van der Waals surface area contributed by atoms with Crippen molar-refractivity contribution in [3.8, 4) is 0 Å². The Kier molecular flexibility index (Phi) is 6.03. The third kappa shape index (κ3) is 4.12. The fraction of sp³-hybridized carbons (Fsp3) is 0.800. The van der Waals surface area contributed by atoms with Crippen LogP contribution in [-0.4, -0.2) is 57.6 Å². The number of nitrogens with zero attached hydrogens (tertiary/aromatic N) is 3. The summed E-state index contributed by atoms with van der Waals surface area (Å²) < 4.78 is 8.04. The first kappa shape index (κ1) is 19.4. The molecule has 2 aliphatic heterocycles. The van der Waals surface area contributed by atoms with Gasteiger partial charge in [-0.25, -0.2) is 0 Å². The zero-order chi connectivity index (χ0) is 18.7. The monoisotopic (exact) mass is 363 g/mol. The number of hydrogen-bond donors (Lipinski definition) is 1. The van der Waals surface area contributed by atoms with E-state index in [1.807, 2.05) is 23.6 Å². The molecule has 1 N–H and O–H groups in total. The number of carbonyl (C=O) groups is 1. The molecule has 1 spiro atoms. The van der Waals surface area contributed by atoms with Gasteiger partial charge < -0.3 is 14.7 Å². The predicted octanol–water partition coefficient (Wildman–Crippen LogP) is 2.14. The Balaban J connectivity index is 1.50. The first-order valence-electron chi connectivity index (χ1n) is 9.96. The van der Waals surface area contributed by atoms with Crippen molar-refractivity contribution in [3.63, 3.8) is 0 Å². The second-order valence-electron chi connectivity index (χ2n) is 8.06. The number of piperidine rings is 1. The highest BCUT2D eigenvalue weighted by Gasteiger charge is 2.40. The van der Waals surface area contributed by atoms with Crippen LogP contribution in [0.2, 0.25) is 0 Å². The van der Waals surface area contributed by atoms with Gasteiger partial charge in [0.2, 0.25) is 5.91 Å². The van der Waals surface area contributed by atoms with Crippen molar-refractivity contribution in [2.45, 2.75) is 64.4 Å². The molecule has 6 heteroatoms. The lowest BCUT2D eigenvalue weighted by molar-refractivity contribution is -0.147. The van der Waals surface area contributed by atoms with Crippen molar-refractivity contribution in [2.24, 2.45) is 13.0 Å². The third-order valence-electron chi connectivity index (χ3n) is 6.41. The van der Waals surface area contributed by atoms with Crippen molar-refractivity contribution in [1.29, 1.82) is 0 Å². The van der Waals surface area contributed by atoms with E-state index in [0.717, 1.165) is 69.6 Å². The van der Waals surface area contributed by atoms with E-state index in [1.54, 1.807) is 0 Å². The number of likely N-dealkylation sites (tertiary alicyclic amines) is 1. The number of aliphatic hydroxyl groups excluding tert-OH is 1. The largest absolute Gasteiger partial charge is 0.396 e. The van der Waals surface area contributed by atoms with Gasteiger partial charge in [0.05, 0.1) is 11.3 Å². The fourth-order valence-electron chi connectivity index (χ4n) is 4.64. The van der Waals surface area contributed by atoms with Crippen LogP contribution in [0.4, 0.5) is 0 Å². The van der Waals surface area contributed by atoms with Gasteiger partial charge in [-0.15, -0.1) is 0 Å². The number of aryl methyl sites for hydroxylation is 2. The highest BCUT2D eigenvalue weighted by Crippen LogP contribution is 2.38. The minimum Gasteiger partial charge on any atom is -0.396 e. The standard InChI is InChI=1S/C20H33N3O3/c1-15-18(16(2)22(3)21-15)4-5-19(25)23-10-8-20(9-11-23)14-17(6-12-24)7-13-26-20/h17,24H,4-14H2,1-3H3. The Morgan fingerprint density at radius 2 is 2.08 bits per heavy atom. The number of aliphatic hydroxyl groups is 1. The van der Waals surface area contributed by atoms with Crippen molar-refractivity contribution < 1.29 is 14.6 Å². The normalized spacial score (nSPS) is 22.8. The molecule has 0 aliphatic carbocycles. The lowest BCUT2D eigenvalue weighted by atomic mass is 9.78. The summed E-state index contributed by atoms with van der Waals surface area (Å²) in [6, 6.07) is 0. The first-order chi connectivity index (χ1) is 12.4. The number of hydrogen-bond acceptors (Lipinski definition) is 4. The Morgan fingerprint density at radius 3 is 2.69 bits per heavy atom. The summed E-state index contributed by atoms with van der Waals surface area (Å²) in [4.78, 5) is 14.7. The Hall–Kier alpha value is -1.40. The molecule has 0 saturated carbocycles. The molecule has 1 atom stereocenters. The van der Waals surface area contributed by atoms with E-state index in [1.165, 1.54) is 5.56 Å². The minimum atomic E-state index is -0.0641. The molecule has 2 aliphatic rings. The predicted molar refractivity (Wildman–Crippen MR) is 99.9 cm³/mol. The van der Waals surface area contributed by atoms with Crippen LogP contribution in [-0.2, 0) is 23.0 Å². The Labute approximate surface area is 156 Å².